The Labute approximate surface area is 122 Å². The Morgan fingerprint density at radius 1 is 1.20 bits per heavy atom. The van der Waals surface area contributed by atoms with Gasteiger partial charge in [0.1, 0.15) is 11.6 Å². The fourth-order valence-corrected chi connectivity index (χ4v) is 2.78. The SMILES string of the molecule is CCCC1C(=O)NC(CC)(CC)C(=O)N1CCOCC. The first-order chi connectivity index (χ1) is 9.56. The number of amides is 2. The Morgan fingerprint density at radius 2 is 1.85 bits per heavy atom. The molecule has 1 rings (SSSR count). The summed E-state index contributed by atoms with van der Waals surface area (Å²) >= 11 is 0. The second-order valence-corrected chi connectivity index (χ2v) is 5.28. The van der Waals surface area contributed by atoms with Crippen molar-refractivity contribution in [2.75, 3.05) is 19.8 Å². The van der Waals surface area contributed by atoms with Crippen LogP contribution in [0.1, 0.15) is 53.4 Å². The van der Waals surface area contributed by atoms with Gasteiger partial charge in [-0.1, -0.05) is 27.2 Å². The van der Waals surface area contributed by atoms with Crippen LogP contribution >= 0.6 is 0 Å². The highest BCUT2D eigenvalue weighted by atomic mass is 16.5. The lowest BCUT2D eigenvalue weighted by atomic mass is 9.86. The second-order valence-electron chi connectivity index (χ2n) is 5.28. The lowest BCUT2D eigenvalue weighted by molar-refractivity contribution is -0.156. The first-order valence-electron chi connectivity index (χ1n) is 7.77. The van der Waals surface area contributed by atoms with Gasteiger partial charge < -0.3 is 15.0 Å². The molecule has 0 saturated carbocycles. The summed E-state index contributed by atoms with van der Waals surface area (Å²) < 4.78 is 5.36. The predicted octanol–water partition coefficient (Wildman–Crippen LogP) is 1.71. The normalized spacial score (nSPS) is 22.0. The van der Waals surface area contributed by atoms with Crippen LogP contribution in [0.4, 0.5) is 0 Å². The van der Waals surface area contributed by atoms with Crippen LogP contribution in [0.3, 0.4) is 0 Å². The Hall–Kier alpha value is -1.10. The van der Waals surface area contributed by atoms with E-state index in [1.54, 1.807) is 4.90 Å². The van der Waals surface area contributed by atoms with Crippen LogP contribution in [0.15, 0.2) is 0 Å². The van der Waals surface area contributed by atoms with E-state index in [1.807, 2.05) is 27.7 Å². The quantitative estimate of drug-likeness (QED) is 0.690. The van der Waals surface area contributed by atoms with Crippen LogP contribution in [0.5, 0.6) is 0 Å². The average Bonchev–Trinajstić information content (AvgIpc) is 2.46. The molecule has 5 heteroatoms. The van der Waals surface area contributed by atoms with Gasteiger partial charge in [0.25, 0.3) is 0 Å². The molecule has 1 atom stereocenters. The molecule has 0 aliphatic carbocycles. The number of piperazine rings is 1. The molecule has 0 aromatic rings. The summed E-state index contributed by atoms with van der Waals surface area (Å²) in [5, 5.41) is 2.96. The smallest absolute Gasteiger partial charge is 0.249 e. The zero-order chi connectivity index (χ0) is 15.2. The summed E-state index contributed by atoms with van der Waals surface area (Å²) in [6.07, 6.45) is 2.82. The standard InChI is InChI=1S/C15H28N2O3/c1-5-9-12-13(18)16-15(6-2,7-3)14(19)17(12)10-11-20-8-4/h12H,5-11H2,1-4H3,(H,16,18). The third-order valence-electron chi connectivity index (χ3n) is 4.16. The molecule has 1 aliphatic rings. The van der Waals surface area contributed by atoms with E-state index in [1.165, 1.54) is 0 Å². The lowest BCUT2D eigenvalue weighted by Gasteiger charge is -2.45. The van der Waals surface area contributed by atoms with Crippen LogP contribution in [0, 0.1) is 0 Å². The van der Waals surface area contributed by atoms with E-state index >= 15 is 0 Å². The van der Waals surface area contributed by atoms with Crippen molar-refractivity contribution in [3.8, 4) is 0 Å². The zero-order valence-electron chi connectivity index (χ0n) is 13.2. The van der Waals surface area contributed by atoms with E-state index in [4.69, 9.17) is 4.74 Å². The van der Waals surface area contributed by atoms with Gasteiger partial charge in [-0.15, -0.1) is 0 Å². The van der Waals surface area contributed by atoms with Gasteiger partial charge in [0.2, 0.25) is 11.8 Å². The highest BCUT2D eigenvalue weighted by Crippen LogP contribution is 2.26. The van der Waals surface area contributed by atoms with Crippen LogP contribution < -0.4 is 5.32 Å². The lowest BCUT2D eigenvalue weighted by Crippen LogP contribution is -2.70. The Bertz CT molecular complexity index is 340. The van der Waals surface area contributed by atoms with Gasteiger partial charge in [-0.25, -0.2) is 0 Å². The molecule has 0 aromatic carbocycles. The molecule has 20 heavy (non-hydrogen) atoms. The number of carbonyl (C=O) groups is 2. The largest absolute Gasteiger partial charge is 0.380 e. The number of nitrogens with one attached hydrogen (secondary N) is 1. The van der Waals surface area contributed by atoms with Crippen LogP contribution in [0.25, 0.3) is 0 Å². The fraction of sp³-hybridized carbons (Fsp3) is 0.867. The molecule has 0 spiro atoms. The maximum absolute atomic E-state index is 12.8. The van der Waals surface area contributed by atoms with Gasteiger partial charge in [0.05, 0.1) is 6.61 Å². The predicted molar refractivity (Wildman–Crippen MR) is 78.4 cm³/mol. The fourth-order valence-electron chi connectivity index (χ4n) is 2.78. The molecule has 116 valence electrons. The van der Waals surface area contributed by atoms with Crippen molar-refractivity contribution < 1.29 is 14.3 Å². The van der Waals surface area contributed by atoms with Gasteiger partial charge in [-0.05, 0) is 26.2 Å². The minimum absolute atomic E-state index is 0.0216. The molecule has 2 amide bonds. The molecule has 5 nitrogen and oxygen atoms in total. The Morgan fingerprint density at radius 3 is 2.35 bits per heavy atom. The molecular weight excluding hydrogens is 256 g/mol. The molecule has 1 fully saturated rings. The summed E-state index contributed by atoms with van der Waals surface area (Å²) in [6.45, 7) is 9.45. The highest BCUT2D eigenvalue weighted by molar-refractivity contribution is 5.99. The van der Waals surface area contributed by atoms with Crippen LogP contribution in [-0.2, 0) is 14.3 Å². The van der Waals surface area contributed by atoms with Crippen LogP contribution in [0.2, 0.25) is 0 Å². The number of hydrogen-bond acceptors (Lipinski definition) is 3. The minimum Gasteiger partial charge on any atom is -0.380 e. The summed E-state index contributed by atoms with van der Waals surface area (Å²) in [7, 11) is 0. The molecule has 1 saturated heterocycles. The summed E-state index contributed by atoms with van der Waals surface area (Å²) in [5.41, 5.74) is -0.729. The number of rotatable bonds is 8. The summed E-state index contributed by atoms with van der Waals surface area (Å²) in [6, 6.07) is -0.348. The topological polar surface area (TPSA) is 58.6 Å². The van der Waals surface area contributed by atoms with E-state index in [-0.39, 0.29) is 17.9 Å². The Balaban J connectivity index is 2.94. The second kappa shape index (κ2) is 7.62. The maximum atomic E-state index is 12.8. The number of nitrogens with zero attached hydrogens (tertiary/aromatic N) is 1. The van der Waals surface area contributed by atoms with Gasteiger partial charge in [-0.2, -0.15) is 0 Å². The van der Waals surface area contributed by atoms with Crippen molar-refractivity contribution in [3.63, 3.8) is 0 Å². The number of ether oxygens (including phenoxy) is 1. The molecule has 0 radical (unpaired) electrons. The highest BCUT2D eigenvalue weighted by Gasteiger charge is 2.48. The zero-order valence-corrected chi connectivity index (χ0v) is 13.2. The van der Waals surface area contributed by atoms with Crippen molar-refractivity contribution in [3.05, 3.63) is 0 Å². The van der Waals surface area contributed by atoms with Gasteiger partial charge in [0, 0.05) is 13.2 Å². The summed E-state index contributed by atoms with van der Waals surface area (Å²) in [4.78, 5) is 26.9. The van der Waals surface area contributed by atoms with Crippen molar-refractivity contribution in [1.29, 1.82) is 0 Å². The van der Waals surface area contributed by atoms with E-state index in [0.717, 1.165) is 6.42 Å². The van der Waals surface area contributed by atoms with E-state index in [9.17, 15) is 9.59 Å². The van der Waals surface area contributed by atoms with Gasteiger partial charge in [-0.3, -0.25) is 9.59 Å². The van der Waals surface area contributed by atoms with E-state index in [2.05, 4.69) is 5.32 Å². The van der Waals surface area contributed by atoms with Crippen molar-refractivity contribution >= 4 is 11.8 Å². The van der Waals surface area contributed by atoms with Gasteiger partial charge >= 0.3 is 0 Å². The van der Waals surface area contributed by atoms with Crippen molar-refractivity contribution in [2.24, 2.45) is 0 Å². The van der Waals surface area contributed by atoms with E-state index in [0.29, 0.717) is 39.0 Å². The monoisotopic (exact) mass is 284 g/mol. The number of hydrogen-bond donors (Lipinski definition) is 1. The molecule has 1 heterocycles. The van der Waals surface area contributed by atoms with E-state index < -0.39 is 5.54 Å². The van der Waals surface area contributed by atoms with Crippen molar-refractivity contribution in [2.45, 2.75) is 65.0 Å². The first kappa shape index (κ1) is 17.0. The molecule has 1 unspecified atom stereocenters. The summed E-state index contributed by atoms with van der Waals surface area (Å²) in [5.74, 6) is 0.0203. The molecular formula is C15H28N2O3. The molecule has 1 aliphatic heterocycles. The third kappa shape index (κ3) is 3.32. The van der Waals surface area contributed by atoms with Gasteiger partial charge in [0.15, 0.2) is 0 Å². The van der Waals surface area contributed by atoms with Crippen LogP contribution in [-0.4, -0.2) is 48.1 Å². The molecule has 1 N–H and O–H groups in total. The average molecular weight is 284 g/mol. The molecule has 0 bridgehead atoms. The number of carbonyl (C=O) groups excluding carboxylic acids is 2. The first-order valence-corrected chi connectivity index (χ1v) is 7.77. The minimum atomic E-state index is -0.729. The maximum Gasteiger partial charge on any atom is 0.249 e. The molecule has 0 aromatic heterocycles. The Kier molecular flexibility index (Phi) is 6.46. The van der Waals surface area contributed by atoms with Crippen molar-refractivity contribution in [1.82, 2.24) is 10.2 Å². The third-order valence-corrected chi connectivity index (χ3v) is 4.16.